The van der Waals surface area contributed by atoms with Crippen LogP contribution in [-0.2, 0) is 5.41 Å². The van der Waals surface area contributed by atoms with Crippen molar-refractivity contribution in [2.24, 2.45) is 0 Å². The van der Waals surface area contributed by atoms with Gasteiger partial charge in [0.2, 0.25) is 0 Å². The number of hydrogen-bond acceptors (Lipinski definition) is 1. The zero-order chi connectivity index (χ0) is 11.1. The predicted octanol–water partition coefficient (Wildman–Crippen LogP) is 4.24. The summed E-state index contributed by atoms with van der Waals surface area (Å²) in [5, 5.41) is 3.57. The first-order chi connectivity index (χ1) is 7.14. The highest BCUT2D eigenvalue weighted by molar-refractivity contribution is 9.10. The SMILES string of the molecule is CCC1(CC)CNc2c(C)ccc(Br)c21. The Morgan fingerprint density at radius 1 is 1.33 bits per heavy atom. The Hall–Kier alpha value is -0.500. The molecule has 0 atom stereocenters. The van der Waals surface area contributed by atoms with Crippen LogP contribution in [0.1, 0.15) is 37.8 Å². The van der Waals surface area contributed by atoms with Crippen LogP contribution in [0.2, 0.25) is 0 Å². The standard InChI is InChI=1S/C13H18BrN/c1-4-13(5-2)8-15-12-9(3)6-7-10(14)11(12)13/h6-7,15H,4-5,8H2,1-3H3. The van der Waals surface area contributed by atoms with Crippen molar-refractivity contribution < 1.29 is 0 Å². The molecule has 0 fully saturated rings. The van der Waals surface area contributed by atoms with Crippen LogP contribution in [0.4, 0.5) is 5.69 Å². The second-order valence-corrected chi connectivity index (χ2v) is 5.31. The summed E-state index contributed by atoms with van der Waals surface area (Å²) in [5.41, 5.74) is 4.54. The zero-order valence-electron chi connectivity index (χ0n) is 9.65. The summed E-state index contributed by atoms with van der Waals surface area (Å²) in [7, 11) is 0. The molecule has 0 saturated heterocycles. The summed E-state index contributed by atoms with van der Waals surface area (Å²) in [6.07, 6.45) is 2.40. The Morgan fingerprint density at radius 3 is 2.60 bits per heavy atom. The van der Waals surface area contributed by atoms with Gasteiger partial charge < -0.3 is 5.32 Å². The van der Waals surface area contributed by atoms with Gasteiger partial charge in [-0.25, -0.2) is 0 Å². The molecule has 1 N–H and O–H groups in total. The van der Waals surface area contributed by atoms with Crippen molar-refractivity contribution in [2.45, 2.75) is 39.0 Å². The Bertz CT molecular complexity index is 380. The van der Waals surface area contributed by atoms with Gasteiger partial charge in [0.1, 0.15) is 0 Å². The molecule has 1 aliphatic rings. The van der Waals surface area contributed by atoms with Gasteiger partial charge in [0.15, 0.2) is 0 Å². The number of rotatable bonds is 2. The quantitative estimate of drug-likeness (QED) is 0.845. The largest absolute Gasteiger partial charge is 0.384 e. The molecule has 2 heteroatoms. The maximum absolute atomic E-state index is 3.70. The van der Waals surface area contributed by atoms with Crippen LogP contribution in [0.5, 0.6) is 0 Å². The molecule has 1 heterocycles. The van der Waals surface area contributed by atoms with E-state index in [-0.39, 0.29) is 0 Å². The Kier molecular flexibility index (Phi) is 2.80. The van der Waals surface area contributed by atoms with Crippen LogP contribution < -0.4 is 5.32 Å². The third-order valence-corrected chi connectivity index (χ3v) is 4.51. The van der Waals surface area contributed by atoms with E-state index in [1.807, 2.05) is 0 Å². The lowest BCUT2D eigenvalue weighted by Crippen LogP contribution is -2.26. The van der Waals surface area contributed by atoms with Crippen LogP contribution in [0.25, 0.3) is 0 Å². The normalized spacial score (nSPS) is 17.3. The molecule has 2 rings (SSSR count). The first kappa shape index (κ1) is 11.0. The van der Waals surface area contributed by atoms with Gasteiger partial charge in [0.25, 0.3) is 0 Å². The number of halogens is 1. The maximum atomic E-state index is 3.70. The highest BCUT2D eigenvalue weighted by atomic mass is 79.9. The Labute approximate surface area is 100 Å². The van der Waals surface area contributed by atoms with Crippen molar-refractivity contribution in [1.82, 2.24) is 0 Å². The lowest BCUT2D eigenvalue weighted by molar-refractivity contribution is 0.436. The minimum atomic E-state index is 0.334. The van der Waals surface area contributed by atoms with Crippen LogP contribution in [-0.4, -0.2) is 6.54 Å². The molecule has 15 heavy (non-hydrogen) atoms. The molecule has 0 bridgehead atoms. The van der Waals surface area contributed by atoms with Crippen LogP contribution in [0.3, 0.4) is 0 Å². The van der Waals surface area contributed by atoms with Gasteiger partial charge in [0.05, 0.1) is 0 Å². The molecular formula is C13H18BrN. The fourth-order valence-corrected chi connectivity index (χ4v) is 3.38. The molecule has 0 spiro atoms. The van der Waals surface area contributed by atoms with E-state index in [4.69, 9.17) is 0 Å². The number of benzene rings is 1. The van der Waals surface area contributed by atoms with E-state index in [0.29, 0.717) is 5.41 Å². The second kappa shape index (κ2) is 3.82. The number of hydrogen-bond donors (Lipinski definition) is 1. The molecule has 82 valence electrons. The minimum Gasteiger partial charge on any atom is -0.384 e. The van der Waals surface area contributed by atoms with Crippen LogP contribution in [0, 0.1) is 6.92 Å². The van der Waals surface area contributed by atoms with Gasteiger partial charge in [-0.3, -0.25) is 0 Å². The van der Waals surface area contributed by atoms with E-state index < -0.39 is 0 Å². The van der Waals surface area contributed by atoms with E-state index in [9.17, 15) is 0 Å². The van der Waals surface area contributed by atoms with Crippen molar-refractivity contribution >= 4 is 21.6 Å². The van der Waals surface area contributed by atoms with Crippen molar-refractivity contribution in [3.8, 4) is 0 Å². The topological polar surface area (TPSA) is 12.0 Å². The van der Waals surface area contributed by atoms with E-state index >= 15 is 0 Å². The third kappa shape index (κ3) is 1.50. The first-order valence-electron chi connectivity index (χ1n) is 5.68. The summed E-state index contributed by atoms with van der Waals surface area (Å²) in [6.45, 7) is 7.84. The van der Waals surface area contributed by atoms with Crippen molar-refractivity contribution in [1.29, 1.82) is 0 Å². The number of aryl methyl sites for hydroxylation is 1. The highest BCUT2D eigenvalue weighted by Gasteiger charge is 2.37. The van der Waals surface area contributed by atoms with Gasteiger partial charge >= 0.3 is 0 Å². The molecule has 0 radical (unpaired) electrons. The van der Waals surface area contributed by atoms with Gasteiger partial charge in [0, 0.05) is 22.1 Å². The average molecular weight is 268 g/mol. The summed E-state index contributed by atoms with van der Waals surface area (Å²) in [5.74, 6) is 0. The van der Waals surface area contributed by atoms with Gasteiger partial charge in [-0.2, -0.15) is 0 Å². The van der Waals surface area contributed by atoms with Crippen molar-refractivity contribution in [3.63, 3.8) is 0 Å². The molecule has 0 amide bonds. The lowest BCUT2D eigenvalue weighted by atomic mass is 9.77. The summed E-state index contributed by atoms with van der Waals surface area (Å²) >= 11 is 3.70. The molecule has 0 unspecified atom stereocenters. The molecule has 0 saturated carbocycles. The molecule has 1 nitrogen and oxygen atoms in total. The van der Waals surface area contributed by atoms with Gasteiger partial charge in [-0.1, -0.05) is 35.8 Å². The molecule has 1 aromatic rings. The number of anilines is 1. The molecule has 1 aromatic carbocycles. The highest BCUT2D eigenvalue weighted by Crippen LogP contribution is 2.46. The van der Waals surface area contributed by atoms with Crippen LogP contribution >= 0.6 is 15.9 Å². The molecule has 0 aliphatic carbocycles. The van der Waals surface area contributed by atoms with Crippen LogP contribution in [0.15, 0.2) is 16.6 Å². The first-order valence-corrected chi connectivity index (χ1v) is 6.47. The monoisotopic (exact) mass is 267 g/mol. The lowest BCUT2D eigenvalue weighted by Gasteiger charge is -2.27. The second-order valence-electron chi connectivity index (χ2n) is 4.46. The Morgan fingerprint density at radius 2 is 2.00 bits per heavy atom. The van der Waals surface area contributed by atoms with Crippen molar-refractivity contribution in [2.75, 3.05) is 11.9 Å². The Balaban J connectivity index is 2.63. The average Bonchev–Trinajstić information content (AvgIpc) is 2.65. The molecule has 0 aromatic heterocycles. The number of nitrogens with one attached hydrogen (secondary N) is 1. The van der Waals surface area contributed by atoms with E-state index in [2.05, 4.69) is 54.2 Å². The van der Waals surface area contributed by atoms with E-state index in [0.717, 1.165) is 6.54 Å². The maximum Gasteiger partial charge on any atom is 0.0420 e. The number of fused-ring (bicyclic) bond motifs is 1. The minimum absolute atomic E-state index is 0.334. The fraction of sp³-hybridized carbons (Fsp3) is 0.538. The third-order valence-electron chi connectivity index (χ3n) is 3.85. The smallest absolute Gasteiger partial charge is 0.0420 e. The van der Waals surface area contributed by atoms with Crippen molar-refractivity contribution in [3.05, 3.63) is 27.7 Å². The van der Waals surface area contributed by atoms with E-state index in [1.54, 1.807) is 0 Å². The molecule has 1 aliphatic heterocycles. The van der Waals surface area contributed by atoms with Gasteiger partial charge in [-0.15, -0.1) is 0 Å². The van der Waals surface area contributed by atoms with E-state index in [1.165, 1.54) is 34.1 Å². The summed E-state index contributed by atoms with van der Waals surface area (Å²) in [4.78, 5) is 0. The predicted molar refractivity (Wildman–Crippen MR) is 69.6 cm³/mol. The summed E-state index contributed by atoms with van der Waals surface area (Å²) in [6, 6.07) is 4.36. The zero-order valence-corrected chi connectivity index (χ0v) is 11.2. The summed E-state index contributed by atoms with van der Waals surface area (Å²) < 4.78 is 1.26. The molecular weight excluding hydrogens is 250 g/mol. The fourth-order valence-electron chi connectivity index (χ4n) is 2.63. The van der Waals surface area contributed by atoms with Gasteiger partial charge in [-0.05, 0) is 37.0 Å².